The molecule has 0 aliphatic rings. The summed E-state index contributed by atoms with van der Waals surface area (Å²) < 4.78 is 6.47. The molecule has 0 aromatic heterocycles. The van der Waals surface area contributed by atoms with Gasteiger partial charge in [0.25, 0.3) is 5.91 Å². The highest BCUT2D eigenvalue weighted by atomic mass is 79.9. The van der Waals surface area contributed by atoms with Crippen LogP contribution in [-0.4, -0.2) is 18.2 Å². The zero-order chi connectivity index (χ0) is 15.9. The number of hydrogen-bond donors (Lipinski definition) is 1. The first-order valence-corrected chi connectivity index (χ1v) is 7.72. The molecule has 2 aromatic rings. The molecular formula is C16H14BrClN2O2. The fourth-order valence-electron chi connectivity index (χ4n) is 1.58. The van der Waals surface area contributed by atoms with Crippen molar-refractivity contribution in [2.75, 3.05) is 0 Å². The number of benzene rings is 2. The quantitative estimate of drug-likeness (QED) is 0.628. The molecule has 114 valence electrons. The maximum absolute atomic E-state index is 11.9. The lowest BCUT2D eigenvalue weighted by Gasteiger charge is -2.12. The molecule has 0 aliphatic carbocycles. The molecule has 1 N–H and O–H groups in total. The van der Waals surface area contributed by atoms with Gasteiger partial charge in [-0.05, 0) is 48.9 Å². The first kappa shape index (κ1) is 16.5. The van der Waals surface area contributed by atoms with E-state index in [1.165, 1.54) is 0 Å². The standard InChI is InChI=1S/C16H14BrClN2O2/c1-11(22-15-8-4-13(17)5-9-15)16(21)20-19-10-12-2-6-14(18)7-3-12/h2-11H,1H3,(H,20,21)/b19-10+. The summed E-state index contributed by atoms with van der Waals surface area (Å²) in [7, 11) is 0. The Labute approximate surface area is 142 Å². The minimum Gasteiger partial charge on any atom is -0.481 e. The van der Waals surface area contributed by atoms with Gasteiger partial charge in [0.1, 0.15) is 5.75 Å². The van der Waals surface area contributed by atoms with E-state index in [4.69, 9.17) is 16.3 Å². The fraction of sp³-hybridized carbons (Fsp3) is 0.125. The molecule has 1 amide bonds. The second kappa shape index (κ2) is 7.96. The number of ether oxygens (including phenoxy) is 1. The van der Waals surface area contributed by atoms with E-state index in [1.54, 1.807) is 49.5 Å². The van der Waals surface area contributed by atoms with Crippen molar-refractivity contribution in [2.45, 2.75) is 13.0 Å². The number of nitrogens with one attached hydrogen (secondary N) is 1. The normalized spacial score (nSPS) is 12.1. The Hall–Kier alpha value is -1.85. The summed E-state index contributed by atoms with van der Waals surface area (Å²) in [4.78, 5) is 11.9. The number of nitrogens with zero attached hydrogens (tertiary/aromatic N) is 1. The maximum Gasteiger partial charge on any atom is 0.280 e. The summed E-state index contributed by atoms with van der Waals surface area (Å²) in [5, 5.41) is 4.54. The third-order valence-corrected chi connectivity index (χ3v) is 3.53. The Morgan fingerprint density at radius 2 is 1.86 bits per heavy atom. The van der Waals surface area contributed by atoms with Crippen LogP contribution in [-0.2, 0) is 4.79 Å². The van der Waals surface area contributed by atoms with Gasteiger partial charge in [0.2, 0.25) is 0 Å². The van der Waals surface area contributed by atoms with Gasteiger partial charge in [-0.15, -0.1) is 0 Å². The number of carbonyl (C=O) groups excluding carboxylic acids is 1. The molecule has 0 saturated heterocycles. The van der Waals surface area contributed by atoms with E-state index in [2.05, 4.69) is 26.5 Å². The summed E-state index contributed by atoms with van der Waals surface area (Å²) >= 11 is 9.13. The fourth-order valence-corrected chi connectivity index (χ4v) is 1.97. The summed E-state index contributed by atoms with van der Waals surface area (Å²) in [5.74, 6) is 0.292. The van der Waals surface area contributed by atoms with E-state index < -0.39 is 6.10 Å². The molecule has 0 fully saturated rings. The number of rotatable bonds is 5. The average molecular weight is 382 g/mol. The first-order valence-electron chi connectivity index (χ1n) is 6.55. The Morgan fingerprint density at radius 1 is 1.23 bits per heavy atom. The Morgan fingerprint density at radius 3 is 2.50 bits per heavy atom. The SMILES string of the molecule is CC(Oc1ccc(Br)cc1)C(=O)N/N=C/c1ccc(Cl)cc1. The lowest BCUT2D eigenvalue weighted by molar-refractivity contribution is -0.127. The third kappa shape index (κ3) is 5.16. The van der Waals surface area contributed by atoms with E-state index in [1.807, 2.05) is 12.1 Å². The molecule has 2 rings (SSSR count). The predicted octanol–water partition coefficient (Wildman–Crippen LogP) is 4.02. The van der Waals surface area contributed by atoms with Crippen molar-refractivity contribution in [1.29, 1.82) is 0 Å². The van der Waals surface area contributed by atoms with Crippen LogP contribution in [0.15, 0.2) is 58.1 Å². The van der Waals surface area contributed by atoms with E-state index in [-0.39, 0.29) is 5.91 Å². The summed E-state index contributed by atoms with van der Waals surface area (Å²) in [6, 6.07) is 14.4. The lowest BCUT2D eigenvalue weighted by Crippen LogP contribution is -2.33. The smallest absolute Gasteiger partial charge is 0.280 e. The van der Waals surface area contributed by atoms with Gasteiger partial charge in [-0.25, -0.2) is 5.43 Å². The number of carbonyl (C=O) groups is 1. The molecule has 0 radical (unpaired) electrons. The molecule has 2 aromatic carbocycles. The number of hydrazone groups is 1. The molecule has 0 bridgehead atoms. The molecule has 0 saturated carbocycles. The Bertz CT molecular complexity index is 657. The van der Waals surface area contributed by atoms with Gasteiger partial charge < -0.3 is 4.74 Å². The monoisotopic (exact) mass is 380 g/mol. The van der Waals surface area contributed by atoms with Gasteiger partial charge in [0, 0.05) is 9.50 Å². The largest absolute Gasteiger partial charge is 0.481 e. The second-order valence-electron chi connectivity index (χ2n) is 4.50. The average Bonchev–Trinajstić information content (AvgIpc) is 2.51. The topological polar surface area (TPSA) is 50.7 Å². The summed E-state index contributed by atoms with van der Waals surface area (Å²) in [6.45, 7) is 1.66. The van der Waals surface area contributed by atoms with Crippen LogP contribution in [0.4, 0.5) is 0 Å². The molecule has 22 heavy (non-hydrogen) atoms. The van der Waals surface area contributed by atoms with Gasteiger partial charge in [-0.3, -0.25) is 4.79 Å². The van der Waals surface area contributed by atoms with Crippen molar-refractivity contribution < 1.29 is 9.53 Å². The highest BCUT2D eigenvalue weighted by molar-refractivity contribution is 9.10. The molecule has 4 nitrogen and oxygen atoms in total. The van der Waals surface area contributed by atoms with E-state index in [9.17, 15) is 4.79 Å². The van der Waals surface area contributed by atoms with Crippen LogP contribution in [0.2, 0.25) is 5.02 Å². The van der Waals surface area contributed by atoms with Crippen molar-refractivity contribution in [3.63, 3.8) is 0 Å². The van der Waals surface area contributed by atoms with Gasteiger partial charge in [0.05, 0.1) is 6.21 Å². The highest BCUT2D eigenvalue weighted by Gasteiger charge is 2.13. The highest BCUT2D eigenvalue weighted by Crippen LogP contribution is 2.17. The Balaban J connectivity index is 1.85. The Kier molecular flexibility index (Phi) is 5.98. The number of amides is 1. The van der Waals surface area contributed by atoms with Crippen molar-refractivity contribution >= 4 is 39.7 Å². The van der Waals surface area contributed by atoms with E-state index in [0.29, 0.717) is 10.8 Å². The maximum atomic E-state index is 11.9. The lowest BCUT2D eigenvalue weighted by atomic mass is 10.2. The van der Waals surface area contributed by atoms with Gasteiger partial charge in [-0.2, -0.15) is 5.10 Å². The van der Waals surface area contributed by atoms with Gasteiger partial charge in [0.15, 0.2) is 6.10 Å². The second-order valence-corrected chi connectivity index (χ2v) is 5.85. The minimum atomic E-state index is -0.649. The summed E-state index contributed by atoms with van der Waals surface area (Å²) in [6.07, 6.45) is 0.893. The van der Waals surface area contributed by atoms with E-state index >= 15 is 0 Å². The molecular weight excluding hydrogens is 368 g/mol. The van der Waals surface area contributed by atoms with Crippen molar-refractivity contribution in [3.05, 3.63) is 63.6 Å². The van der Waals surface area contributed by atoms with E-state index in [0.717, 1.165) is 10.0 Å². The summed E-state index contributed by atoms with van der Waals surface area (Å²) in [5.41, 5.74) is 3.28. The molecule has 1 unspecified atom stereocenters. The van der Waals surface area contributed by atoms with Crippen LogP contribution in [0.25, 0.3) is 0 Å². The number of halogens is 2. The van der Waals surface area contributed by atoms with Crippen LogP contribution in [0, 0.1) is 0 Å². The molecule has 0 heterocycles. The first-order chi connectivity index (χ1) is 10.5. The minimum absolute atomic E-state index is 0.326. The van der Waals surface area contributed by atoms with Crippen molar-refractivity contribution in [1.82, 2.24) is 5.43 Å². The predicted molar refractivity (Wildman–Crippen MR) is 91.4 cm³/mol. The molecule has 0 spiro atoms. The molecule has 0 aliphatic heterocycles. The van der Waals surface area contributed by atoms with Crippen LogP contribution in [0.1, 0.15) is 12.5 Å². The van der Waals surface area contributed by atoms with Crippen LogP contribution in [0.5, 0.6) is 5.75 Å². The van der Waals surface area contributed by atoms with Gasteiger partial charge >= 0.3 is 0 Å². The van der Waals surface area contributed by atoms with Crippen molar-refractivity contribution in [3.8, 4) is 5.75 Å². The van der Waals surface area contributed by atoms with Gasteiger partial charge in [-0.1, -0.05) is 39.7 Å². The van der Waals surface area contributed by atoms with Crippen LogP contribution in [0.3, 0.4) is 0 Å². The molecule has 1 atom stereocenters. The zero-order valence-corrected chi connectivity index (χ0v) is 14.1. The zero-order valence-electron chi connectivity index (χ0n) is 11.8. The van der Waals surface area contributed by atoms with Crippen molar-refractivity contribution in [2.24, 2.45) is 5.10 Å². The van der Waals surface area contributed by atoms with Crippen LogP contribution >= 0.6 is 27.5 Å². The van der Waals surface area contributed by atoms with Crippen LogP contribution < -0.4 is 10.2 Å². The third-order valence-electron chi connectivity index (χ3n) is 2.75. The molecule has 6 heteroatoms. The number of hydrogen-bond acceptors (Lipinski definition) is 3.